The minimum Gasteiger partial charge on any atom is -0.508 e. The molecule has 0 atom stereocenters. The number of para-hydroxylation sites is 1. The highest BCUT2D eigenvalue weighted by Gasteiger charge is 2.00. The summed E-state index contributed by atoms with van der Waals surface area (Å²) in [6.45, 7) is 0. The van der Waals surface area contributed by atoms with Crippen LogP contribution in [-0.2, 0) is 9.13 Å². The van der Waals surface area contributed by atoms with Crippen molar-refractivity contribution in [1.82, 2.24) is 0 Å². The van der Waals surface area contributed by atoms with Crippen molar-refractivity contribution in [2.45, 2.75) is 0 Å². The fourth-order valence-electron chi connectivity index (χ4n) is 1.20. The van der Waals surface area contributed by atoms with E-state index in [4.69, 9.17) is 43.6 Å². The van der Waals surface area contributed by atoms with E-state index in [9.17, 15) is 0 Å². The van der Waals surface area contributed by atoms with E-state index in [2.05, 4.69) is 0 Å². The monoisotopic (exact) mass is 446 g/mol. The van der Waals surface area contributed by atoms with Gasteiger partial charge in [-0.15, -0.1) is 0 Å². The first kappa shape index (κ1) is 28.9. The first-order valence-corrected chi connectivity index (χ1v) is 10.8. The number of aromatic hydroxyl groups is 1. The van der Waals surface area contributed by atoms with Crippen molar-refractivity contribution in [3.05, 3.63) is 103 Å². The molecule has 0 aliphatic carbocycles. The Kier molecular flexibility index (Phi) is 17.7. The minimum atomic E-state index is -4.64. The summed E-state index contributed by atoms with van der Waals surface area (Å²) in [5.74, 6) is 0.322. The molecule has 3 rings (SSSR count). The largest absolute Gasteiger partial charge is 0.508 e. The highest BCUT2D eigenvalue weighted by Crippen LogP contribution is 2.26. The molecule has 3 aromatic carbocycles. The Morgan fingerprint density at radius 3 is 0.655 bits per heavy atom. The van der Waals surface area contributed by atoms with E-state index < -0.39 is 15.6 Å². The Labute approximate surface area is 168 Å². The van der Waals surface area contributed by atoms with E-state index in [-0.39, 0.29) is 0 Å². The van der Waals surface area contributed by atoms with Crippen LogP contribution in [0.4, 0.5) is 0 Å². The summed E-state index contributed by atoms with van der Waals surface area (Å²) < 4.78 is 17.8. The maximum atomic E-state index is 8.88. The number of benzene rings is 3. The Balaban J connectivity index is 0. The number of hydrogen-bond donors (Lipinski definition) is 7. The fraction of sp³-hybridized carbons (Fsp3) is 0. The highest BCUT2D eigenvalue weighted by molar-refractivity contribution is 7.45. The van der Waals surface area contributed by atoms with Crippen LogP contribution in [-0.4, -0.2) is 34.5 Å². The molecule has 7 N–H and O–H groups in total. The van der Waals surface area contributed by atoms with Gasteiger partial charge in [0.25, 0.3) is 0 Å². The molecule has 11 heteroatoms. The molecule has 3 aromatic rings. The topological polar surface area (TPSA) is 176 Å². The van der Waals surface area contributed by atoms with Gasteiger partial charge in [-0.2, -0.15) is 0 Å². The first-order chi connectivity index (χ1) is 13.4. The van der Waals surface area contributed by atoms with Gasteiger partial charge in [0.1, 0.15) is 5.75 Å². The van der Waals surface area contributed by atoms with Gasteiger partial charge in [0.2, 0.25) is 0 Å². The molecule has 0 aliphatic rings. The Morgan fingerprint density at radius 2 is 0.552 bits per heavy atom. The molecule has 0 unspecified atom stereocenters. The third-order valence-corrected chi connectivity index (χ3v) is 2.09. The maximum absolute atomic E-state index is 8.88. The quantitative estimate of drug-likeness (QED) is 0.256. The standard InChI is InChI=1S/C6H6O.2C6H6.2H3O4P/c7-6-4-2-1-3-5-6;2*1-2-4-6-5-3-1;2*1-5(2,3)4/h1-5,7H;2*1-6H;2*(H3,1,2,3,4). The number of rotatable bonds is 0. The van der Waals surface area contributed by atoms with Crippen LogP contribution in [0.25, 0.3) is 0 Å². The van der Waals surface area contributed by atoms with Gasteiger partial charge >= 0.3 is 15.6 Å². The van der Waals surface area contributed by atoms with Crippen molar-refractivity contribution in [3.63, 3.8) is 0 Å². The van der Waals surface area contributed by atoms with E-state index >= 15 is 0 Å². The van der Waals surface area contributed by atoms with E-state index in [0.29, 0.717) is 5.75 Å². The molecular formula is C18H24O9P2. The van der Waals surface area contributed by atoms with Gasteiger partial charge < -0.3 is 34.5 Å². The van der Waals surface area contributed by atoms with Gasteiger partial charge in [0.05, 0.1) is 0 Å². The summed E-state index contributed by atoms with van der Waals surface area (Å²) in [4.78, 5) is 43.1. The molecule has 0 aliphatic heterocycles. The summed E-state index contributed by atoms with van der Waals surface area (Å²) in [5, 5.41) is 8.63. The van der Waals surface area contributed by atoms with Crippen LogP contribution >= 0.6 is 15.6 Å². The average molecular weight is 446 g/mol. The molecule has 0 amide bonds. The van der Waals surface area contributed by atoms with Gasteiger partial charge in [0, 0.05) is 0 Å². The van der Waals surface area contributed by atoms with Crippen LogP contribution in [0.15, 0.2) is 103 Å². The molecule has 0 saturated carbocycles. The second kappa shape index (κ2) is 17.8. The molecule has 0 saturated heterocycles. The van der Waals surface area contributed by atoms with Gasteiger partial charge in [-0.25, -0.2) is 9.13 Å². The van der Waals surface area contributed by atoms with Crippen LogP contribution in [0.3, 0.4) is 0 Å². The minimum absolute atomic E-state index is 0.322. The maximum Gasteiger partial charge on any atom is 0.466 e. The van der Waals surface area contributed by atoms with Crippen molar-refractivity contribution in [2.24, 2.45) is 0 Å². The van der Waals surface area contributed by atoms with Crippen molar-refractivity contribution in [3.8, 4) is 5.75 Å². The molecule has 0 aromatic heterocycles. The molecule has 0 heterocycles. The summed E-state index contributed by atoms with van der Waals surface area (Å²) in [7, 11) is -9.28. The molecule has 9 nitrogen and oxygen atoms in total. The van der Waals surface area contributed by atoms with Gasteiger partial charge in [-0.1, -0.05) is 91.0 Å². The molecule has 0 fully saturated rings. The van der Waals surface area contributed by atoms with E-state index in [0.717, 1.165) is 0 Å². The van der Waals surface area contributed by atoms with Crippen LogP contribution in [0.2, 0.25) is 0 Å². The smallest absolute Gasteiger partial charge is 0.466 e. The Morgan fingerprint density at radius 1 is 0.414 bits per heavy atom. The molecule has 160 valence electrons. The molecule has 29 heavy (non-hydrogen) atoms. The summed E-state index contributed by atoms with van der Waals surface area (Å²) in [5.41, 5.74) is 0. The molecule has 0 spiro atoms. The first-order valence-electron chi connectivity index (χ1n) is 7.70. The lowest BCUT2D eigenvalue weighted by Crippen LogP contribution is -1.66. The normalized spacial score (nSPS) is 9.45. The summed E-state index contributed by atoms with van der Waals surface area (Å²) >= 11 is 0. The number of phenols is 1. The lowest BCUT2D eigenvalue weighted by atomic mass is 10.3. The third-order valence-electron chi connectivity index (χ3n) is 2.09. The van der Waals surface area contributed by atoms with Crippen LogP contribution in [0.1, 0.15) is 0 Å². The van der Waals surface area contributed by atoms with Gasteiger partial charge in [-0.3, -0.25) is 0 Å². The molecular weight excluding hydrogens is 422 g/mol. The highest BCUT2D eigenvalue weighted by atomic mass is 31.2. The Bertz CT molecular complexity index is 670. The van der Waals surface area contributed by atoms with Crippen molar-refractivity contribution in [2.75, 3.05) is 0 Å². The fourth-order valence-corrected chi connectivity index (χ4v) is 1.20. The molecule has 0 bridgehead atoms. The summed E-state index contributed by atoms with van der Waals surface area (Å²) in [6, 6.07) is 32.7. The SMILES string of the molecule is O=P(O)(O)O.O=P(O)(O)O.Oc1ccccc1.c1ccccc1.c1ccccc1. The van der Waals surface area contributed by atoms with E-state index in [1.54, 1.807) is 24.3 Å². The third kappa shape index (κ3) is 46.1. The zero-order valence-electron chi connectivity index (χ0n) is 15.2. The number of hydrogen-bond acceptors (Lipinski definition) is 3. The lowest BCUT2D eigenvalue weighted by Gasteiger charge is -1.82. The zero-order chi connectivity index (χ0) is 22.6. The van der Waals surface area contributed by atoms with Crippen molar-refractivity contribution in [1.29, 1.82) is 0 Å². The van der Waals surface area contributed by atoms with E-state index in [1.165, 1.54) is 0 Å². The van der Waals surface area contributed by atoms with Crippen LogP contribution < -0.4 is 0 Å². The van der Waals surface area contributed by atoms with Crippen LogP contribution in [0, 0.1) is 0 Å². The zero-order valence-corrected chi connectivity index (χ0v) is 16.9. The number of phenolic OH excluding ortho intramolecular Hbond substituents is 1. The predicted molar refractivity (Wildman–Crippen MR) is 110 cm³/mol. The summed E-state index contributed by atoms with van der Waals surface area (Å²) in [6.07, 6.45) is 0. The van der Waals surface area contributed by atoms with Gasteiger partial charge in [-0.05, 0) is 12.1 Å². The van der Waals surface area contributed by atoms with Gasteiger partial charge in [0.15, 0.2) is 0 Å². The second-order valence-corrected chi connectivity index (χ2v) is 6.72. The predicted octanol–water partition coefficient (Wildman–Crippen LogP) is 2.91. The van der Waals surface area contributed by atoms with Crippen molar-refractivity contribution < 1.29 is 43.6 Å². The van der Waals surface area contributed by atoms with E-state index in [1.807, 2.05) is 78.9 Å². The molecule has 0 radical (unpaired) electrons. The lowest BCUT2D eigenvalue weighted by molar-refractivity contribution is 0.272. The Hall–Kier alpha value is -2.32. The van der Waals surface area contributed by atoms with Crippen molar-refractivity contribution >= 4 is 15.6 Å². The number of phosphoric acid groups is 2. The average Bonchev–Trinajstić information content (AvgIpc) is 2.64. The second-order valence-electron chi connectivity index (χ2n) is 4.67. The van der Waals surface area contributed by atoms with Crippen LogP contribution in [0.5, 0.6) is 5.75 Å².